The largest absolute Gasteiger partial charge is 0.462 e. The Morgan fingerprint density at radius 3 is 2.85 bits per heavy atom. The smallest absolute Gasteiger partial charge is 0.339 e. The van der Waals surface area contributed by atoms with Crippen molar-refractivity contribution >= 4 is 33.9 Å². The number of pyridine rings is 1. The maximum Gasteiger partial charge on any atom is 0.339 e. The van der Waals surface area contributed by atoms with Crippen LogP contribution in [0, 0.1) is 6.92 Å². The second kappa shape index (κ2) is 4.84. The molecular formula is C16H14ClNO2. The molecule has 102 valence electrons. The Kier molecular flexibility index (Phi) is 3.14. The van der Waals surface area contributed by atoms with Crippen LogP contribution in [0.3, 0.4) is 0 Å². The van der Waals surface area contributed by atoms with Gasteiger partial charge in [-0.1, -0.05) is 17.7 Å². The molecule has 0 saturated carbocycles. The van der Waals surface area contributed by atoms with E-state index in [-0.39, 0.29) is 5.97 Å². The van der Waals surface area contributed by atoms with Gasteiger partial charge in [-0.15, -0.1) is 0 Å². The van der Waals surface area contributed by atoms with E-state index in [1.165, 1.54) is 0 Å². The normalized spacial score (nSPS) is 11.2. The standard InChI is InChI=1S/C16H14ClNO2/c1-3-20-16(19)14-9-15-13-5-4-12(17)8-11(13)6-7-18(15)10(14)2/h4-9H,3H2,1-2H3. The summed E-state index contributed by atoms with van der Waals surface area (Å²) in [7, 11) is 0. The zero-order valence-corrected chi connectivity index (χ0v) is 12.1. The lowest BCUT2D eigenvalue weighted by Crippen LogP contribution is -2.05. The number of carbonyl (C=O) groups is 1. The molecule has 20 heavy (non-hydrogen) atoms. The third-order valence-corrected chi connectivity index (χ3v) is 3.71. The Morgan fingerprint density at radius 1 is 1.30 bits per heavy atom. The molecule has 3 aromatic rings. The summed E-state index contributed by atoms with van der Waals surface area (Å²) in [6.45, 7) is 4.10. The minimum Gasteiger partial charge on any atom is -0.462 e. The fourth-order valence-electron chi connectivity index (χ4n) is 2.50. The van der Waals surface area contributed by atoms with Crippen molar-refractivity contribution in [1.29, 1.82) is 0 Å². The first-order chi connectivity index (χ1) is 9.61. The van der Waals surface area contributed by atoms with E-state index < -0.39 is 0 Å². The molecule has 2 heterocycles. The molecule has 0 aliphatic carbocycles. The lowest BCUT2D eigenvalue weighted by atomic mass is 10.1. The van der Waals surface area contributed by atoms with Crippen LogP contribution in [-0.2, 0) is 4.74 Å². The molecule has 3 rings (SSSR count). The predicted molar refractivity (Wildman–Crippen MR) is 80.6 cm³/mol. The number of hydrogen-bond acceptors (Lipinski definition) is 2. The molecule has 0 fully saturated rings. The molecule has 1 aromatic carbocycles. The van der Waals surface area contributed by atoms with Crippen molar-refractivity contribution in [2.24, 2.45) is 0 Å². The number of aryl methyl sites for hydroxylation is 1. The van der Waals surface area contributed by atoms with Crippen LogP contribution >= 0.6 is 11.6 Å². The van der Waals surface area contributed by atoms with Crippen molar-refractivity contribution in [1.82, 2.24) is 4.40 Å². The number of aromatic nitrogens is 1. The Labute approximate surface area is 121 Å². The van der Waals surface area contributed by atoms with E-state index in [1.807, 2.05) is 47.9 Å². The maximum absolute atomic E-state index is 12.0. The van der Waals surface area contributed by atoms with E-state index in [1.54, 1.807) is 6.92 Å². The molecule has 0 radical (unpaired) electrons. The number of halogens is 1. The average Bonchev–Trinajstić information content (AvgIpc) is 2.76. The number of carbonyl (C=O) groups excluding carboxylic acids is 1. The van der Waals surface area contributed by atoms with Gasteiger partial charge in [0.1, 0.15) is 0 Å². The minimum atomic E-state index is -0.282. The van der Waals surface area contributed by atoms with Gasteiger partial charge in [0.05, 0.1) is 17.7 Å². The topological polar surface area (TPSA) is 30.7 Å². The maximum atomic E-state index is 12.0. The fraction of sp³-hybridized carbons (Fsp3) is 0.188. The van der Waals surface area contributed by atoms with Gasteiger partial charge in [0.25, 0.3) is 0 Å². The monoisotopic (exact) mass is 287 g/mol. The third-order valence-electron chi connectivity index (χ3n) is 3.48. The molecule has 0 atom stereocenters. The molecule has 0 aliphatic rings. The first-order valence-corrected chi connectivity index (χ1v) is 6.86. The fourth-order valence-corrected chi connectivity index (χ4v) is 2.68. The summed E-state index contributed by atoms with van der Waals surface area (Å²) in [6.07, 6.45) is 1.95. The highest BCUT2D eigenvalue weighted by atomic mass is 35.5. The van der Waals surface area contributed by atoms with Gasteiger partial charge in [0.15, 0.2) is 0 Å². The molecule has 0 N–H and O–H groups in total. The zero-order chi connectivity index (χ0) is 14.3. The summed E-state index contributed by atoms with van der Waals surface area (Å²) < 4.78 is 7.10. The van der Waals surface area contributed by atoms with E-state index in [4.69, 9.17) is 16.3 Å². The summed E-state index contributed by atoms with van der Waals surface area (Å²) in [4.78, 5) is 12.0. The summed E-state index contributed by atoms with van der Waals surface area (Å²) in [5, 5.41) is 2.82. The number of fused-ring (bicyclic) bond motifs is 3. The first kappa shape index (κ1) is 13.0. The van der Waals surface area contributed by atoms with Crippen LogP contribution in [0.15, 0.2) is 36.5 Å². The Bertz CT molecular complexity index is 820. The van der Waals surface area contributed by atoms with Crippen molar-refractivity contribution in [2.75, 3.05) is 6.61 Å². The molecular weight excluding hydrogens is 274 g/mol. The van der Waals surface area contributed by atoms with E-state index in [0.717, 1.165) is 22.0 Å². The first-order valence-electron chi connectivity index (χ1n) is 6.49. The Balaban J connectivity index is 2.30. The van der Waals surface area contributed by atoms with Gasteiger partial charge < -0.3 is 9.14 Å². The van der Waals surface area contributed by atoms with Crippen LogP contribution in [0.4, 0.5) is 0 Å². The van der Waals surface area contributed by atoms with Crippen LogP contribution in [0.1, 0.15) is 23.0 Å². The third kappa shape index (κ3) is 1.95. The van der Waals surface area contributed by atoms with Gasteiger partial charge in [0, 0.05) is 22.3 Å². The molecule has 0 aliphatic heterocycles. The number of nitrogens with zero attached hydrogens (tertiary/aromatic N) is 1. The molecule has 0 saturated heterocycles. The molecule has 3 nitrogen and oxygen atoms in total. The number of ether oxygens (including phenoxy) is 1. The Morgan fingerprint density at radius 2 is 2.10 bits per heavy atom. The van der Waals surface area contributed by atoms with Crippen LogP contribution in [0.5, 0.6) is 0 Å². The highest BCUT2D eigenvalue weighted by Crippen LogP contribution is 2.27. The van der Waals surface area contributed by atoms with Gasteiger partial charge in [-0.3, -0.25) is 0 Å². The summed E-state index contributed by atoms with van der Waals surface area (Å²) in [5.41, 5.74) is 2.48. The van der Waals surface area contributed by atoms with Gasteiger partial charge in [-0.05, 0) is 43.5 Å². The SMILES string of the molecule is CCOC(=O)c1cc2c3ccc(Cl)cc3ccn2c1C. The molecule has 2 aromatic heterocycles. The summed E-state index contributed by atoms with van der Waals surface area (Å²) in [5.74, 6) is -0.282. The van der Waals surface area contributed by atoms with Gasteiger partial charge in [0.2, 0.25) is 0 Å². The molecule has 0 amide bonds. The van der Waals surface area contributed by atoms with Gasteiger partial charge in [-0.25, -0.2) is 4.79 Å². The van der Waals surface area contributed by atoms with E-state index in [0.29, 0.717) is 17.2 Å². The molecule has 0 spiro atoms. The molecule has 4 heteroatoms. The highest BCUT2D eigenvalue weighted by Gasteiger charge is 2.16. The van der Waals surface area contributed by atoms with E-state index in [2.05, 4.69) is 0 Å². The molecule has 0 unspecified atom stereocenters. The van der Waals surface area contributed by atoms with Crippen molar-refractivity contribution in [3.05, 3.63) is 52.8 Å². The van der Waals surface area contributed by atoms with Crippen LogP contribution in [0.2, 0.25) is 5.02 Å². The lowest BCUT2D eigenvalue weighted by Gasteiger charge is -2.04. The van der Waals surface area contributed by atoms with Crippen molar-refractivity contribution in [2.45, 2.75) is 13.8 Å². The highest BCUT2D eigenvalue weighted by molar-refractivity contribution is 6.31. The number of esters is 1. The molecule has 0 bridgehead atoms. The Hall–Kier alpha value is -2.00. The van der Waals surface area contributed by atoms with E-state index >= 15 is 0 Å². The van der Waals surface area contributed by atoms with Crippen LogP contribution < -0.4 is 0 Å². The quantitative estimate of drug-likeness (QED) is 0.660. The number of hydrogen-bond donors (Lipinski definition) is 0. The number of rotatable bonds is 2. The second-order valence-electron chi connectivity index (χ2n) is 4.67. The van der Waals surface area contributed by atoms with Gasteiger partial charge >= 0.3 is 5.97 Å². The van der Waals surface area contributed by atoms with Crippen LogP contribution in [-0.4, -0.2) is 17.0 Å². The van der Waals surface area contributed by atoms with E-state index in [9.17, 15) is 4.79 Å². The van der Waals surface area contributed by atoms with Crippen molar-refractivity contribution < 1.29 is 9.53 Å². The van der Waals surface area contributed by atoms with Crippen molar-refractivity contribution in [3.63, 3.8) is 0 Å². The number of benzene rings is 1. The van der Waals surface area contributed by atoms with Crippen LogP contribution in [0.25, 0.3) is 16.3 Å². The average molecular weight is 288 g/mol. The predicted octanol–water partition coefficient (Wildman–Crippen LogP) is 4.23. The summed E-state index contributed by atoms with van der Waals surface area (Å²) in [6, 6.07) is 9.63. The second-order valence-corrected chi connectivity index (χ2v) is 5.10. The van der Waals surface area contributed by atoms with Gasteiger partial charge in [-0.2, -0.15) is 0 Å². The minimum absolute atomic E-state index is 0.282. The van der Waals surface area contributed by atoms with Crippen molar-refractivity contribution in [3.8, 4) is 0 Å². The summed E-state index contributed by atoms with van der Waals surface area (Å²) >= 11 is 6.02. The lowest BCUT2D eigenvalue weighted by molar-refractivity contribution is 0.0525. The zero-order valence-electron chi connectivity index (χ0n) is 11.3.